The summed E-state index contributed by atoms with van der Waals surface area (Å²) in [6, 6.07) is -1.55. The van der Waals surface area contributed by atoms with Crippen LogP contribution in [0, 0.1) is 76.9 Å². The molecule has 5 saturated heterocycles. The summed E-state index contributed by atoms with van der Waals surface area (Å²) in [5.74, 6) is -4.54. The first-order valence-electron chi connectivity index (χ1n) is 49.4. The van der Waals surface area contributed by atoms with Crippen molar-refractivity contribution in [3.05, 3.63) is 0 Å². The van der Waals surface area contributed by atoms with Crippen molar-refractivity contribution in [2.75, 3.05) is 85.6 Å². The van der Waals surface area contributed by atoms with Crippen LogP contribution in [0.2, 0.25) is 0 Å². The lowest BCUT2D eigenvalue weighted by Gasteiger charge is -2.43. The number of esters is 5. The van der Waals surface area contributed by atoms with Gasteiger partial charge in [-0.3, -0.25) is 62.3 Å². The molecule has 744 valence electrons. The van der Waals surface area contributed by atoms with E-state index in [4.69, 9.17) is 62.9 Å². The van der Waals surface area contributed by atoms with Crippen molar-refractivity contribution in [1.82, 2.24) is 31.5 Å². The molecule has 0 spiro atoms. The number of nitrogens with one attached hydrogen (secondary N) is 5. The minimum Gasteiger partial charge on any atom is -0.463 e. The number of unbranched alkanes of at least 4 members (excludes halogenated alkanes) is 7. The van der Waals surface area contributed by atoms with Gasteiger partial charge < -0.3 is 97.9 Å². The maximum atomic E-state index is 15.0. The predicted molar refractivity (Wildman–Crippen MR) is 482 cm³/mol. The molecule has 5 N–H and O–H groups in total. The molecular weight excluding hydrogens is 1680 g/mol. The van der Waals surface area contributed by atoms with Crippen molar-refractivity contribution >= 4 is 82.6 Å². The van der Waals surface area contributed by atoms with E-state index in [1.54, 1.807) is 0 Å². The Morgan fingerprint density at radius 1 is 0.385 bits per heavy atom. The van der Waals surface area contributed by atoms with Gasteiger partial charge in [0, 0.05) is 182 Å². The number of ketones is 3. The summed E-state index contributed by atoms with van der Waals surface area (Å²) >= 11 is 0. The molecule has 5 aliphatic heterocycles. The number of likely N-dealkylation sites (tertiary alicyclic amines) is 1. The zero-order valence-electron chi connectivity index (χ0n) is 82.2. The first-order chi connectivity index (χ1) is 62.4. The van der Waals surface area contributed by atoms with Gasteiger partial charge in [-0.25, -0.2) is 0 Å². The lowest BCUT2D eigenvalue weighted by atomic mass is 9.79. The van der Waals surface area contributed by atoms with Gasteiger partial charge in [-0.05, 0) is 164 Å². The third kappa shape index (κ3) is 43.0. The minimum atomic E-state index is -1.03. The maximum absolute atomic E-state index is 15.0. The molecule has 5 fully saturated rings. The molecule has 0 saturated carbocycles. The fraction of sp³-hybridized carbons (Fsp3) is 0.856. The van der Waals surface area contributed by atoms with Gasteiger partial charge in [0.05, 0.1) is 43.4 Å². The highest BCUT2D eigenvalue weighted by molar-refractivity contribution is 5.92. The van der Waals surface area contributed by atoms with Crippen molar-refractivity contribution in [2.45, 2.75) is 372 Å². The first-order valence-corrected chi connectivity index (χ1v) is 48.7. The molecule has 0 aliphatic carbocycles. The van der Waals surface area contributed by atoms with Crippen LogP contribution >= 0.6 is 0 Å². The number of carbonyl (C=O) groups excluding carboxylic acids is 14. The van der Waals surface area contributed by atoms with Crippen LogP contribution < -0.4 is 26.6 Å². The molecule has 0 aromatic heterocycles. The number of Topliss-reactive ketones (excluding diaryl/α,β-unsaturated/α-hetero) is 3. The Balaban J connectivity index is 1.26. The zero-order chi connectivity index (χ0) is 96.7. The second-order valence-corrected chi connectivity index (χ2v) is 37.6. The number of nitrogens with zero attached hydrogens (tertiary/aromatic N) is 1. The Labute approximate surface area is 774 Å². The van der Waals surface area contributed by atoms with Gasteiger partial charge in [0.15, 0.2) is 30.9 Å². The van der Waals surface area contributed by atoms with Crippen molar-refractivity contribution in [3.8, 4) is 0 Å². The van der Waals surface area contributed by atoms with Crippen LogP contribution in [0.3, 0.4) is 0 Å². The standard InChI is InChI=1S/C97H164N6O27/c1-60-51-92(127-83(63(60)4)56-122-73(14)105)118-47-29-22-37-87(111)98-43-25-18-33-77(53-79(109)35-21-28-48-119-95-70(11)64(5)67(8)84(128-95)57-123-74(15)106)93(116)100-45-26-19-34-78(94(117)101-46-32-40-90(114)103-55-80(52-61(103)2)126-91(115)42-41-62(3)104)54-82(110)81(102-89(113)39-24-31-50-121-97-72(13)66(7)69(10)86(130-97)59-125-76(17)108)36-20-27-44-99-88(112)38-23-30-49-120-96-71(12)65(6)68(9)85(129-96)58-124-75(16)107/h60-61,63-72,77-78,80-81,83-86,92,95-97H,18-59H2,1-17H3,(H,98,111)(H,99,112)(H,100,116)(H,101,117)(H,102,113)/t60-,61-,63-,64+,65+,66+,67-,68-,69-,70?,71?,72?,77?,78?,80-,81?,83?,84?,85?,86?,92-,95-,96-,97-/m1/s1/i2D. The zero-order valence-corrected chi connectivity index (χ0v) is 81.2. The monoisotopic (exact) mass is 1850 g/mol. The van der Waals surface area contributed by atoms with Gasteiger partial charge in [-0.2, -0.15) is 0 Å². The fourth-order valence-electron chi connectivity index (χ4n) is 17.4. The number of rotatable bonds is 63. The smallest absolute Gasteiger partial charge is 0.306 e. The minimum absolute atomic E-state index is 0.0184. The largest absolute Gasteiger partial charge is 0.463 e. The van der Waals surface area contributed by atoms with Crippen LogP contribution in [0.25, 0.3) is 0 Å². The molecule has 5 heterocycles. The number of amides is 6. The third-order valence-corrected chi connectivity index (χ3v) is 27.3. The van der Waals surface area contributed by atoms with Gasteiger partial charge in [-0.1, -0.05) is 89.0 Å². The molecule has 0 bridgehead atoms. The third-order valence-electron chi connectivity index (χ3n) is 27.3. The molecule has 33 nitrogen and oxygen atoms in total. The normalized spacial score (nSPS) is 27.5. The maximum Gasteiger partial charge on any atom is 0.306 e. The summed E-state index contributed by atoms with van der Waals surface area (Å²) in [6.07, 6.45) is 5.13. The second-order valence-electron chi connectivity index (χ2n) is 37.6. The Morgan fingerprint density at radius 2 is 0.785 bits per heavy atom. The van der Waals surface area contributed by atoms with Crippen LogP contribution in [0.1, 0.15) is 305 Å². The molecule has 0 radical (unpaired) electrons. The van der Waals surface area contributed by atoms with Crippen LogP contribution in [0.15, 0.2) is 0 Å². The number of ether oxygens (including phenoxy) is 13. The summed E-state index contributed by atoms with van der Waals surface area (Å²) in [6.45, 7) is 32.4. The fourth-order valence-corrected chi connectivity index (χ4v) is 17.4. The molecular formula is C97H164N6O27. The van der Waals surface area contributed by atoms with Gasteiger partial charge in [-0.15, -0.1) is 0 Å². The molecule has 33 heteroatoms. The van der Waals surface area contributed by atoms with Crippen LogP contribution in [0.5, 0.6) is 0 Å². The van der Waals surface area contributed by atoms with Crippen molar-refractivity contribution < 1.29 is 130 Å². The number of carbonyl (C=O) groups is 14. The quantitative estimate of drug-likeness (QED) is 0.0214. The van der Waals surface area contributed by atoms with Crippen LogP contribution in [-0.2, 0) is 129 Å². The molecule has 5 aliphatic rings. The molecule has 10 unspecified atom stereocenters. The van der Waals surface area contributed by atoms with E-state index in [-0.39, 0.29) is 280 Å². The Morgan fingerprint density at radius 3 is 1.22 bits per heavy atom. The highest BCUT2D eigenvalue weighted by atomic mass is 16.7. The van der Waals surface area contributed by atoms with E-state index in [0.29, 0.717) is 135 Å². The lowest BCUT2D eigenvalue weighted by molar-refractivity contribution is -0.255. The molecule has 5 rings (SSSR count). The molecule has 130 heavy (non-hydrogen) atoms. The van der Waals surface area contributed by atoms with E-state index in [1.165, 1.54) is 39.5 Å². The highest BCUT2D eigenvalue weighted by Gasteiger charge is 2.44. The predicted octanol–water partition coefficient (Wildman–Crippen LogP) is 11.6. The van der Waals surface area contributed by atoms with E-state index < -0.39 is 90.7 Å². The van der Waals surface area contributed by atoms with Gasteiger partial charge in [0.2, 0.25) is 35.4 Å². The van der Waals surface area contributed by atoms with E-state index in [1.807, 2.05) is 6.92 Å². The SMILES string of the molecule is [2H]C[C@@H]1C[C@@H](OC(=O)CCC(C)=O)CN1C(=O)CCCNC(=O)C(CCCCNC(=O)C(CCCCNC(=O)CCCCO[C@H]1C[C@@H](C)[C@@H](C)C(COC(C)=O)O1)CC(=O)CCCCO[C@@H]1OC(COC(C)=O)[C@H](C)[C@H](C)C1C)CC(=O)C(CCCCNC(=O)CCCCO[C@@H]1OC(COC(C)=O)[C@H](C)[C@H](C)C1C)NC(=O)CCCCO[C@@H]1OC(COC(C)=O)[C@H](C)[C@H](C)C1C. The summed E-state index contributed by atoms with van der Waals surface area (Å²) in [7, 11) is 0. The summed E-state index contributed by atoms with van der Waals surface area (Å²) in [5, 5.41) is 14.9. The molecule has 6 amide bonds. The Kier molecular flexibility index (Phi) is 53.0. The average molecular weight is 1850 g/mol. The van der Waals surface area contributed by atoms with E-state index in [0.717, 1.165) is 0 Å². The Hall–Kier alpha value is -7.14. The molecule has 24 atom stereocenters. The second kappa shape index (κ2) is 61.7. The van der Waals surface area contributed by atoms with Crippen molar-refractivity contribution in [3.63, 3.8) is 0 Å². The highest BCUT2D eigenvalue weighted by Crippen LogP contribution is 2.40. The lowest BCUT2D eigenvalue weighted by Crippen LogP contribution is -2.47. The van der Waals surface area contributed by atoms with Gasteiger partial charge >= 0.3 is 29.8 Å². The average Bonchev–Trinajstić information content (AvgIpc) is 1.82. The van der Waals surface area contributed by atoms with Gasteiger partial charge in [0.1, 0.15) is 44.1 Å². The molecule has 0 aromatic carbocycles. The first kappa shape index (κ1) is 112. The summed E-state index contributed by atoms with van der Waals surface area (Å²) in [4.78, 5) is 184. The van der Waals surface area contributed by atoms with Crippen molar-refractivity contribution in [1.29, 1.82) is 0 Å². The number of hydrogen-bond acceptors (Lipinski definition) is 27. The molecule has 0 aromatic rings. The summed E-state index contributed by atoms with van der Waals surface area (Å²) in [5.41, 5.74) is 0. The van der Waals surface area contributed by atoms with Gasteiger partial charge in [0.25, 0.3) is 0 Å². The van der Waals surface area contributed by atoms with E-state index in [2.05, 4.69) is 95.8 Å². The van der Waals surface area contributed by atoms with E-state index in [9.17, 15) is 67.1 Å². The van der Waals surface area contributed by atoms with Crippen LogP contribution in [0.4, 0.5) is 0 Å². The van der Waals surface area contributed by atoms with Crippen LogP contribution in [-0.4, -0.2) is 241 Å². The van der Waals surface area contributed by atoms with E-state index >= 15 is 0 Å². The van der Waals surface area contributed by atoms with Crippen molar-refractivity contribution in [2.24, 2.45) is 76.9 Å². The number of hydrogen-bond donors (Lipinski definition) is 5. The topological polar surface area (TPSA) is 422 Å². The summed E-state index contributed by atoms with van der Waals surface area (Å²) < 4.78 is 84.5. The Bertz CT molecular complexity index is 3510.